The number of hydrogen-bond donors (Lipinski definition) is 3. The van der Waals surface area contributed by atoms with Crippen LogP contribution in [0.1, 0.15) is 43.9 Å². The van der Waals surface area contributed by atoms with Crippen LogP contribution in [0.15, 0.2) is 72.8 Å². The molecule has 0 atom stereocenters. The normalized spacial score (nSPS) is 13.9. The Hall–Kier alpha value is -3.27. The zero-order valence-electron chi connectivity index (χ0n) is 22.7. The second kappa shape index (κ2) is 16.7. The summed E-state index contributed by atoms with van der Waals surface area (Å²) >= 11 is 0. The predicted molar refractivity (Wildman–Crippen MR) is 164 cm³/mol. The van der Waals surface area contributed by atoms with Gasteiger partial charge >= 0.3 is 0 Å². The number of nitrogens with one attached hydrogen (secondary N) is 3. The van der Waals surface area contributed by atoms with Crippen LogP contribution in [-0.2, 0) is 0 Å². The number of allylic oxidation sites excluding steroid dienone is 2. The zero-order chi connectivity index (χ0) is 26.7. The maximum Gasteiger partial charge on any atom is 0.231 e. The summed E-state index contributed by atoms with van der Waals surface area (Å²) in [5.74, 6) is 1.14. The molecule has 1 fully saturated rings. The minimum Gasteiger partial charge on any atom is -0.351 e. The number of hydrogen-bond acceptors (Lipinski definition) is 7. The summed E-state index contributed by atoms with van der Waals surface area (Å²) in [5.41, 5.74) is 1.87. The van der Waals surface area contributed by atoms with Gasteiger partial charge in [0.1, 0.15) is 11.6 Å². The monoisotopic (exact) mass is 591 g/mol. The summed E-state index contributed by atoms with van der Waals surface area (Å²) in [7, 11) is 0. The minimum absolute atomic E-state index is 0. The molecule has 3 aromatic rings. The fraction of sp³-hybridized carbons (Fsp3) is 0.345. The van der Waals surface area contributed by atoms with Crippen LogP contribution in [0.4, 0.5) is 26.6 Å². The van der Waals surface area contributed by atoms with Gasteiger partial charge in [0.15, 0.2) is 0 Å². The maximum absolute atomic E-state index is 13.6. The van der Waals surface area contributed by atoms with Crippen molar-refractivity contribution in [2.75, 3.05) is 41.7 Å². The number of halogens is 4. The van der Waals surface area contributed by atoms with Crippen LogP contribution in [0.3, 0.4) is 0 Å². The summed E-state index contributed by atoms with van der Waals surface area (Å²) in [6.07, 6.45) is 9.70. The predicted octanol–water partition coefficient (Wildman–Crippen LogP) is 6.32. The topological polar surface area (TPSA) is 78.0 Å². The Morgan fingerprint density at radius 1 is 0.775 bits per heavy atom. The molecule has 7 nitrogen and oxygen atoms in total. The molecule has 40 heavy (non-hydrogen) atoms. The molecule has 0 bridgehead atoms. The van der Waals surface area contributed by atoms with Gasteiger partial charge in [0.25, 0.3) is 0 Å². The molecule has 216 valence electrons. The third-order valence-corrected chi connectivity index (χ3v) is 6.44. The number of nitrogens with zero attached hydrogens (tertiary/aromatic N) is 4. The van der Waals surface area contributed by atoms with E-state index < -0.39 is 0 Å². The summed E-state index contributed by atoms with van der Waals surface area (Å²) in [4.78, 5) is 16.0. The van der Waals surface area contributed by atoms with Gasteiger partial charge in [-0.3, -0.25) is 0 Å². The molecule has 0 unspecified atom stereocenters. The Morgan fingerprint density at radius 3 is 1.65 bits per heavy atom. The summed E-state index contributed by atoms with van der Waals surface area (Å²) < 4.78 is 27.2. The zero-order valence-corrected chi connectivity index (χ0v) is 24.3. The molecular weight excluding hydrogens is 555 g/mol. The van der Waals surface area contributed by atoms with Crippen LogP contribution in [0.2, 0.25) is 0 Å². The van der Waals surface area contributed by atoms with E-state index in [2.05, 4.69) is 35.8 Å². The van der Waals surface area contributed by atoms with E-state index in [9.17, 15) is 8.78 Å². The summed E-state index contributed by atoms with van der Waals surface area (Å²) in [6.45, 7) is 6.75. The molecule has 1 aliphatic rings. The second-order valence-electron chi connectivity index (χ2n) is 9.15. The molecule has 0 amide bonds. The van der Waals surface area contributed by atoms with Crippen molar-refractivity contribution < 1.29 is 8.78 Å². The number of aromatic nitrogens is 3. The molecule has 0 aliphatic carbocycles. The molecule has 3 N–H and O–H groups in total. The van der Waals surface area contributed by atoms with Crippen molar-refractivity contribution in [1.29, 1.82) is 0 Å². The number of piperidine rings is 1. The molecule has 1 aliphatic heterocycles. The van der Waals surface area contributed by atoms with E-state index in [0.717, 1.165) is 37.1 Å². The second-order valence-corrected chi connectivity index (χ2v) is 9.15. The van der Waals surface area contributed by atoms with E-state index in [1.165, 1.54) is 24.3 Å². The average molecular weight is 593 g/mol. The largest absolute Gasteiger partial charge is 0.351 e. The maximum atomic E-state index is 13.6. The van der Waals surface area contributed by atoms with Gasteiger partial charge in [0.05, 0.1) is 6.04 Å². The fourth-order valence-corrected chi connectivity index (χ4v) is 4.38. The van der Waals surface area contributed by atoms with Gasteiger partial charge in [-0.1, -0.05) is 48.6 Å². The summed E-state index contributed by atoms with van der Waals surface area (Å²) in [6, 6.07) is 13.0. The Kier molecular flexibility index (Phi) is 13.8. The fourth-order valence-electron chi connectivity index (χ4n) is 4.38. The Labute approximate surface area is 247 Å². The van der Waals surface area contributed by atoms with Crippen molar-refractivity contribution in [3.63, 3.8) is 0 Å². The molecule has 0 radical (unpaired) electrons. The van der Waals surface area contributed by atoms with Gasteiger partial charge in [-0.15, -0.1) is 24.8 Å². The minimum atomic E-state index is -0.281. The van der Waals surface area contributed by atoms with E-state index in [0.29, 0.717) is 30.9 Å². The van der Waals surface area contributed by atoms with Crippen molar-refractivity contribution in [1.82, 2.24) is 20.3 Å². The first-order chi connectivity index (χ1) is 18.6. The molecule has 1 saturated heterocycles. The van der Waals surface area contributed by atoms with Crippen LogP contribution in [0, 0.1) is 11.6 Å². The van der Waals surface area contributed by atoms with Gasteiger partial charge in [-0.2, -0.15) is 15.0 Å². The van der Waals surface area contributed by atoms with Crippen molar-refractivity contribution in [2.45, 2.75) is 38.8 Å². The lowest BCUT2D eigenvalue weighted by Crippen LogP contribution is -2.44. The van der Waals surface area contributed by atoms with Gasteiger partial charge in [-0.25, -0.2) is 8.78 Å². The first kappa shape index (κ1) is 32.9. The highest BCUT2D eigenvalue weighted by Gasteiger charge is 2.25. The van der Waals surface area contributed by atoms with Crippen molar-refractivity contribution in [3.05, 3.63) is 95.6 Å². The standard InChI is InChI=1S/C29H35F2N7.2ClH/c1-3-5-17-32-27-35-28(33-18-6-4-2)37-29(36-27)38-19-15-25(16-20-38)34-26(21-7-11-23(30)12-8-21)22-9-13-24(31)14-10-22;;/h3-14,25-26,34H,15-20H2,1-2H3,(H2,32,33,35,36,37);2*1H/b5-3+,6-4+;;. The first-order valence-electron chi connectivity index (χ1n) is 13.0. The lowest BCUT2D eigenvalue weighted by molar-refractivity contribution is 0.388. The molecule has 11 heteroatoms. The molecule has 0 spiro atoms. The van der Waals surface area contributed by atoms with Crippen LogP contribution >= 0.6 is 24.8 Å². The van der Waals surface area contributed by atoms with Crippen LogP contribution in [-0.4, -0.2) is 47.2 Å². The van der Waals surface area contributed by atoms with E-state index in [4.69, 9.17) is 0 Å². The van der Waals surface area contributed by atoms with Crippen LogP contribution in [0.25, 0.3) is 0 Å². The number of benzene rings is 2. The molecular formula is C29H37Cl2F2N7. The van der Waals surface area contributed by atoms with Crippen molar-refractivity contribution >= 4 is 42.7 Å². The van der Waals surface area contributed by atoms with Crippen molar-refractivity contribution in [3.8, 4) is 0 Å². The number of anilines is 3. The lowest BCUT2D eigenvalue weighted by Gasteiger charge is -2.35. The summed E-state index contributed by atoms with van der Waals surface area (Å²) in [5, 5.41) is 10.2. The van der Waals surface area contributed by atoms with E-state index in [1.54, 1.807) is 24.3 Å². The molecule has 2 aromatic carbocycles. The lowest BCUT2D eigenvalue weighted by atomic mass is 9.95. The van der Waals surface area contributed by atoms with E-state index in [1.807, 2.05) is 38.2 Å². The molecule has 0 saturated carbocycles. The highest BCUT2D eigenvalue weighted by atomic mass is 35.5. The smallest absolute Gasteiger partial charge is 0.231 e. The average Bonchev–Trinajstić information content (AvgIpc) is 2.93. The Bertz CT molecular complexity index is 1140. The Morgan fingerprint density at radius 2 is 1.23 bits per heavy atom. The van der Waals surface area contributed by atoms with Crippen molar-refractivity contribution in [2.24, 2.45) is 0 Å². The van der Waals surface area contributed by atoms with Gasteiger partial charge in [-0.05, 0) is 62.1 Å². The van der Waals surface area contributed by atoms with Gasteiger partial charge in [0.2, 0.25) is 17.8 Å². The number of rotatable bonds is 11. The first-order valence-corrected chi connectivity index (χ1v) is 13.0. The highest BCUT2D eigenvalue weighted by Crippen LogP contribution is 2.26. The Balaban J connectivity index is 0.00000280. The third-order valence-electron chi connectivity index (χ3n) is 6.44. The van der Waals surface area contributed by atoms with Crippen LogP contribution < -0.4 is 20.9 Å². The SMILES string of the molecule is C/C=C/CNc1nc(NC/C=C/C)nc(N2CCC(NC(c3ccc(F)cc3)c3ccc(F)cc3)CC2)n1.Cl.Cl. The molecule has 4 rings (SSSR count). The highest BCUT2D eigenvalue weighted by molar-refractivity contribution is 5.85. The van der Waals surface area contributed by atoms with Crippen LogP contribution in [0.5, 0.6) is 0 Å². The van der Waals surface area contributed by atoms with Gasteiger partial charge in [0, 0.05) is 32.2 Å². The molecule has 2 heterocycles. The van der Waals surface area contributed by atoms with E-state index >= 15 is 0 Å². The molecule has 1 aromatic heterocycles. The third kappa shape index (κ3) is 9.43. The van der Waals surface area contributed by atoms with Gasteiger partial charge < -0.3 is 20.9 Å². The van der Waals surface area contributed by atoms with E-state index in [-0.39, 0.29) is 48.5 Å². The quantitative estimate of drug-likeness (QED) is 0.225.